The molecular formula is C25H27F3N4O3. The number of carbonyl (C=O) groups excluding carboxylic acids is 1. The van der Waals surface area contributed by atoms with E-state index >= 15 is 0 Å². The number of rotatable bonds is 6. The number of amides is 1. The van der Waals surface area contributed by atoms with Crippen LogP contribution in [0.4, 0.5) is 18.9 Å². The molecule has 1 aromatic carbocycles. The summed E-state index contributed by atoms with van der Waals surface area (Å²) in [5.41, 5.74) is 2.14. The summed E-state index contributed by atoms with van der Waals surface area (Å²) in [5.74, 6) is -0.783. The van der Waals surface area contributed by atoms with Crippen LogP contribution in [-0.4, -0.2) is 45.9 Å². The van der Waals surface area contributed by atoms with Gasteiger partial charge in [-0.2, -0.15) is 13.9 Å². The minimum atomic E-state index is -2.99. The largest absolute Gasteiger partial charge is 0.435 e. The molecule has 2 aliphatic rings. The SMILES string of the molecule is O=C(N[C@H]1CC[C@H](O)CC1)c1cnn2ccc(N3CCC[C@@H]3c3cc(OC(F)F)ccc3F)cc12. The molecule has 5 rings (SSSR count). The van der Waals surface area contributed by atoms with Gasteiger partial charge in [0.15, 0.2) is 0 Å². The Balaban J connectivity index is 1.40. The smallest absolute Gasteiger partial charge is 0.387 e. The van der Waals surface area contributed by atoms with Crippen molar-refractivity contribution >= 4 is 17.1 Å². The van der Waals surface area contributed by atoms with Crippen LogP contribution in [0, 0.1) is 5.82 Å². The molecule has 3 aromatic rings. The Morgan fingerprint density at radius 1 is 1.14 bits per heavy atom. The van der Waals surface area contributed by atoms with Crippen molar-refractivity contribution in [1.82, 2.24) is 14.9 Å². The number of anilines is 1. The van der Waals surface area contributed by atoms with Crippen LogP contribution >= 0.6 is 0 Å². The number of halogens is 3. The zero-order chi connectivity index (χ0) is 24.5. The van der Waals surface area contributed by atoms with Crippen LogP contribution in [0.15, 0.2) is 42.7 Å². The highest BCUT2D eigenvalue weighted by atomic mass is 19.3. The first-order chi connectivity index (χ1) is 16.9. The number of carbonyl (C=O) groups is 1. The van der Waals surface area contributed by atoms with Crippen molar-refractivity contribution < 1.29 is 27.8 Å². The van der Waals surface area contributed by atoms with E-state index in [1.165, 1.54) is 18.3 Å². The Kier molecular flexibility index (Phi) is 6.55. The van der Waals surface area contributed by atoms with Gasteiger partial charge in [-0.05, 0) is 68.9 Å². The summed E-state index contributed by atoms with van der Waals surface area (Å²) in [6, 6.07) is 7.03. The van der Waals surface area contributed by atoms with Crippen LogP contribution in [0.5, 0.6) is 5.75 Å². The van der Waals surface area contributed by atoms with E-state index in [9.17, 15) is 23.1 Å². The summed E-state index contributed by atoms with van der Waals surface area (Å²) in [7, 11) is 0. The summed E-state index contributed by atoms with van der Waals surface area (Å²) in [6.07, 6.45) is 7.22. The lowest BCUT2D eigenvalue weighted by Gasteiger charge is -2.28. The van der Waals surface area contributed by atoms with Gasteiger partial charge in [0.2, 0.25) is 0 Å². The molecule has 3 heterocycles. The monoisotopic (exact) mass is 488 g/mol. The Bertz CT molecular complexity index is 1210. The van der Waals surface area contributed by atoms with Crippen molar-refractivity contribution in [3.05, 3.63) is 59.7 Å². The van der Waals surface area contributed by atoms with E-state index in [1.54, 1.807) is 10.7 Å². The van der Waals surface area contributed by atoms with Crippen molar-refractivity contribution in [2.24, 2.45) is 0 Å². The second-order valence-corrected chi connectivity index (χ2v) is 9.17. The first kappa shape index (κ1) is 23.5. The molecule has 1 saturated heterocycles. The first-order valence-corrected chi connectivity index (χ1v) is 11.9. The van der Waals surface area contributed by atoms with Gasteiger partial charge in [-0.3, -0.25) is 4.79 Å². The number of aromatic nitrogens is 2. The molecule has 2 N–H and O–H groups in total. The lowest BCUT2D eigenvalue weighted by atomic mass is 9.93. The average molecular weight is 489 g/mol. The number of alkyl halides is 2. The minimum Gasteiger partial charge on any atom is -0.435 e. The summed E-state index contributed by atoms with van der Waals surface area (Å²) < 4.78 is 46.2. The number of nitrogens with one attached hydrogen (secondary N) is 1. The van der Waals surface area contributed by atoms with Crippen molar-refractivity contribution in [3.63, 3.8) is 0 Å². The number of hydrogen-bond donors (Lipinski definition) is 2. The molecule has 1 aliphatic heterocycles. The van der Waals surface area contributed by atoms with E-state index in [0.29, 0.717) is 42.5 Å². The molecule has 1 aliphatic carbocycles. The van der Waals surface area contributed by atoms with Gasteiger partial charge in [-0.25, -0.2) is 8.91 Å². The second-order valence-electron chi connectivity index (χ2n) is 9.17. The third-order valence-corrected chi connectivity index (χ3v) is 6.92. The molecule has 2 fully saturated rings. The quantitative estimate of drug-likeness (QED) is 0.536. The lowest BCUT2D eigenvalue weighted by molar-refractivity contribution is -0.0499. The molecule has 1 amide bonds. The maximum atomic E-state index is 14.7. The van der Waals surface area contributed by atoms with Crippen LogP contribution in [0.2, 0.25) is 0 Å². The first-order valence-electron chi connectivity index (χ1n) is 11.9. The lowest BCUT2D eigenvalue weighted by Crippen LogP contribution is -2.38. The number of aliphatic hydroxyl groups excluding tert-OH is 1. The van der Waals surface area contributed by atoms with Crippen molar-refractivity contribution in [2.75, 3.05) is 11.4 Å². The molecule has 10 heteroatoms. The Morgan fingerprint density at radius 2 is 1.94 bits per heavy atom. The predicted molar refractivity (Wildman–Crippen MR) is 123 cm³/mol. The van der Waals surface area contributed by atoms with Gasteiger partial charge in [0, 0.05) is 30.0 Å². The number of fused-ring (bicyclic) bond motifs is 1. The molecule has 1 saturated carbocycles. The van der Waals surface area contributed by atoms with Gasteiger partial charge in [0.1, 0.15) is 11.6 Å². The predicted octanol–water partition coefficient (Wildman–Crippen LogP) is 4.45. The molecular weight excluding hydrogens is 461 g/mol. The Labute approximate surface area is 200 Å². The van der Waals surface area contributed by atoms with Crippen molar-refractivity contribution in [3.8, 4) is 5.75 Å². The van der Waals surface area contributed by atoms with E-state index < -0.39 is 12.4 Å². The van der Waals surface area contributed by atoms with E-state index in [2.05, 4.69) is 15.2 Å². The fraction of sp³-hybridized carbons (Fsp3) is 0.440. The summed E-state index contributed by atoms with van der Waals surface area (Å²) in [5, 5.41) is 17.0. The van der Waals surface area contributed by atoms with Crippen molar-refractivity contribution in [1.29, 1.82) is 0 Å². The molecule has 35 heavy (non-hydrogen) atoms. The molecule has 0 unspecified atom stereocenters. The van der Waals surface area contributed by atoms with Gasteiger partial charge < -0.3 is 20.1 Å². The molecule has 2 aromatic heterocycles. The number of benzene rings is 1. The average Bonchev–Trinajstić information content (AvgIpc) is 3.48. The van der Waals surface area contributed by atoms with E-state index in [0.717, 1.165) is 31.0 Å². The summed E-state index contributed by atoms with van der Waals surface area (Å²) in [4.78, 5) is 15.0. The zero-order valence-corrected chi connectivity index (χ0v) is 19.0. The normalized spacial score (nSPS) is 22.7. The van der Waals surface area contributed by atoms with Gasteiger partial charge >= 0.3 is 6.61 Å². The molecule has 0 spiro atoms. The maximum Gasteiger partial charge on any atom is 0.387 e. The molecule has 0 radical (unpaired) electrons. The number of hydrogen-bond acceptors (Lipinski definition) is 5. The second kappa shape index (κ2) is 9.77. The van der Waals surface area contributed by atoms with Crippen LogP contribution in [0.25, 0.3) is 5.52 Å². The summed E-state index contributed by atoms with van der Waals surface area (Å²) in [6.45, 7) is -2.33. The van der Waals surface area contributed by atoms with Crippen LogP contribution in [0.1, 0.15) is 60.5 Å². The summed E-state index contributed by atoms with van der Waals surface area (Å²) >= 11 is 0. The number of nitrogens with zero attached hydrogens (tertiary/aromatic N) is 3. The van der Waals surface area contributed by atoms with Gasteiger partial charge in [0.05, 0.1) is 29.4 Å². The number of aliphatic hydroxyl groups is 1. The maximum absolute atomic E-state index is 14.7. The molecule has 7 nitrogen and oxygen atoms in total. The number of ether oxygens (including phenoxy) is 1. The molecule has 1 atom stereocenters. The topological polar surface area (TPSA) is 79.1 Å². The fourth-order valence-corrected chi connectivity index (χ4v) is 5.16. The van der Waals surface area contributed by atoms with Gasteiger partial charge in [-0.1, -0.05) is 0 Å². The third-order valence-electron chi connectivity index (χ3n) is 6.92. The zero-order valence-electron chi connectivity index (χ0n) is 19.0. The Hall–Kier alpha value is -3.27. The third kappa shape index (κ3) is 4.93. The highest BCUT2D eigenvalue weighted by molar-refractivity contribution is 6.01. The van der Waals surface area contributed by atoms with Crippen LogP contribution in [0.3, 0.4) is 0 Å². The minimum absolute atomic E-state index is 0.0118. The van der Waals surface area contributed by atoms with Crippen LogP contribution < -0.4 is 15.0 Å². The molecule has 186 valence electrons. The van der Waals surface area contributed by atoms with E-state index in [4.69, 9.17) is 0 Å². The van der Waals surface area contributed by atoms with Crippen molar-refractivity contribution in [2.45, 2.75) is 63.3 Å². The van der Waals surface area contributed by atoms with Gasteiger partial charge in [-0.15, -0.1) is 0 Å². The van der Waals surface area contributed by atoms with Gasteiger partial charge in [0.25, 0.3) is 5.91 Å². The standard InChI is InChI=1S/C25H27F3N4O3/c26-21-8-7-18(35-25(27)28)13-19(21)22-2-1-10-31(22)16-9-11-32-23(12-16)20(14-29-32)24(34)30-15-3-5-17(33)6-4-15/h7-9,11-15,17,22,25,33H,1-6,10H2,(H,30,34)/t15-,17-,22-/m1/s1. The van der Waals surface area contributed by atoms with Crippen LogP contribution in [-0.2, 0) is 0 Å². The fourth-order valence-electron chi connectivity index (χ4n) is 5.16. The Morgan fingerprint density at radius 3 is 2.71 bits per heavy atom. The van der Waals surface area contributed by atoms with E-state index in [1.807, 2.05) is 17.0 Å². The highest BCUT2D eigenvalue weighted by Crippen LogP contribution is 2.39. The number of pyridine rings is 1. The molecule has 0 bridgehead atoms. The highest BCUT2D eigenvalue weighted by Gasteiger charge is 2.30. The van der Waals surface area contributed by atoms with E-state index in [-0.39, 0.29) is 29.8 Å².